The number of nitrogens with zero attached hydrogens (tertiary/aromatic N) is 1. The van der Waals surface area contributed by atoms with Crippen LogP contribution >= 0.6 is 11.8 Å². The Balaban J connectivity index is 2.11. The lowest BCUT2D eigenvalue weighted by molar-refractivity contribution is -0.135. The maximum atomic E-state index is 12.3. The van der Waals surface area contributed by atoms with Gasteiger partial charge < -0.3 is 10.4 Å². The number of aliphatic carboxylic acids is 1. The fourth-order valence-corrected chi connectivity index (χ4v) is 3.19. The van der Waals surface area contributed by atoms with Crippen molar-refractivity contribution in [3.8, 4) is 0 Å². The molecule has 20 heavy (non-hydrogen) atoms. The topological polar surface area (TPSA) is 69.6 Å². The fraction of sp³-hybridized carbons (Fsp3) is 0.429. The highest BCUT2D eigenvalue weighted by atomic mass is 32.2. The number of carboxylic acid groups (broad SMARTS) is 1. The van der Waals surface area contributed by atoms with E-state index >= 15 is 0 Å². The highest BCUT2D eigenvalue weighted by Gasteiger charge is 2.23. The molecule has 2 N–H and O–H groups in total. The van der Waals surface area contributed by atoms with E-state index in [2.05, 4.69) is 5.32 Å². The Morgan fingerprint density at radius 1 is 1.40 bits per heavy atom. The number of carbonyl (C=O) groups is 2. The molecule has 1 aromatic rings. The van der Waals surface area contributed by atoms with Gasteiger partial charge in [-0.05, 0) is 31.2 Å². The summed E-state index contributed by atoms with van der Waals surface area (Å²) < 4.78 is 0. The summed E-state index contributed by atoms with van der Waals surface area (Å²) in [5, 5.41) is 11.9. The van der Waals surface area contributed by atoms with Crippen molar-refractivity contribution in [2.75, 3.05) is 23.0 Å². The molecule has 0 radical (unpaired) electrons. The maximum Gasteiger partial charge on any atom is 0.323 e. The normalized spacial score (nSPS) is 17.8. The molecule has 6 heteroatoms. The van der Waals surface area contributed by atoms with E-state index in [1.165, 1.54) is 4.90 Å². The minimum Gasteiger partial charge on any atom is -0.480 e. The summed E-state index contributed by atoms with van der Waals surface area (Å²) in [6.45, 7) is 1.61. The molecule has 1 saturated heterocycles. The molecule has 1 atom stereocenters. The molecule has 0 aliphatic carbocycles. The van der Waals surface area contributed by atoms with E-state index in [-0.39, 0.29) is 18.6 Å². The van der Waals surface area contributed by atoms with E-state index in [1.807, 2.05) is 19.1 Å². The van der Waals surface area contributed by atoms with Crippen LogP contribution in [0.25, 0.3) is 0 Å². The van der Waals surface area contributed by atoms with Crippen LogP contribution in [0.15, 0.2) is 24.3 Å². The molecule has 1 heterocycles. The molecule has 2 rings (SSSR count). The molecular weight excluding hydrogens is 276 g/mol. The SMILES string of the molecule is Cc1ccc(N(CC(=O)O)C(=O)NC2CCSC2)cc1. The van der Waals surface area contributed by atoms with E-state index in [4.69, 9.17) is 5.11 Å². The number of nitrogens with one attached hydrogen (secondary N) is 1. The standard InChI is InChI=1S/C14H18N2O3S/c1-10-2-4-12(5-3-10)16(8-13(17)18)14(19)15-11-6-7-20-9-11/h2-5,11H,6-9H2,1H3,(H,15,19)(H,17,18). The molecule has 0 saturated carbocycles. The first kappa shape index (κ1) is 14.7. The Hall–Kier alpha value is -1.69. The predicted molar refractivity (Wildman–Crippen MR) is 80.4 cm³/mol. The molecular formula is C14H18N2O3S. The van der Waals surface area contributed by atoms with Gasteiger partial charge >= 0.3 is 12.0 Å². The second-order valence-electron chi connectivity index (χ2n) is 4.83. The molecule has 1 aliphatic rings. The average molecular weight is 294 g/mol. The van der Waals surface area contributed by atoms with E-state index < -0.39 is 5.97 Å². The zero-order chi connectivity index (χ0) is 14.5. The van der Waals surface area contributed by atoms with Gasteiger partial charge in [-0.25, -0.2) is 4.79 Å². The number of urea groups is 1. The number of thioether (sulfide) groups is 1. The Labute approximate surface area is 122 Å². The lowest BCUT2D eigenvalue weighted by atomic mass is 10.2. The molecule has 5 nitrogen and oxygen atoms in total. The van der Waals surface area contributed by atoms with Gasteiger partial charge in [0.15, 0.2) is 0 Å². The molecule has 1 fully saturated rings. The van der Waals surface area contributed by atoms with Gasteiger partial charge in [0.05, 0.1) is 0 Å². The maximum absolute atomic E-state index is 12.3. The minimum absolute atomic E-state index is 0.134. The summed E-state index contributed by atoms with van der Waals surface area (Å²) in [6, 6.07) is 7.05. The monoisotopic (exact) mass is 294 g/mol. The largest absolute Gasteiger partial charge is 0.480 e. The average Bonchev–Trinajstić information content (AvgIpc) is 2.89. The Morgan fingerprint density at radius 2 is 2.10 bits per heavy atom. The number of carbonyl (C=O) groups excluding carboxylic acids is 1. The van der Waals surface area contributed by atoms with Crippen LogP contribution < -0.4 is 10.2 Å². The second kappa shape index (κ2) is 6.65. The smallest absolute Gasteiger partial charge is 0.323 e. The number of hydrogen-bond donors (Lipinski definition) is 2. The van der Waals surface area contributed by atoms with Gasteiger partial charge in [-0.2, -0.15) is 11.8 Å². The van der Waals surface area contributed by atoms with Crippen molar-refractivity contribution < 1.29 is 14.7 Å². The highest BCUT2D eigenvalue weighted by Crippen LogP contribution is 2.19. The lowest BCUT2D eigenvalue weighted by Crippen LogP contribution is -2.47. The third-order valence-electron chi connectivity index (χ3n) is 3.14. The number of rotatable bonds is 4. The summed E-state index contributed by atoms with van der Waals surface area (Å²) in [5.41, 5.74) is 1.66. The van der Waals surface area contributed by atoms with Gasteiger partial charge in [0.2, 0.25) is 0 Å². The molecule has 1 aliphatic heterocycles. The molecule has 2 amide bonds. The minimum atomic E-state index is -1.03. The van der Waals surface area contributed by atoms with Crippen molar-refractivity contribution >= 4 is 29.4 Å². The molecule has 0 bridgehead atoms. The van der Waals surface area contributed by atoms with Crippen LogP contribution in [0.5, 0.6) is 0 Å². The Morgan fingerprint density at radius 3 is 2.65 bits per heavy atom. The van der Waals surface area contributed by atoms with Crippen molar-refractivity contribution in [2.24, 2.45) is 0 Å². The van der Waals surface area contributed by atoms with Crippen LogP contribution in [0, 0.1) is 6.92 Å². The van der Waals surface area contributed by atoms with Crippen LogP contribution in [0.3, 0.4) is 0 Å². The number of hydrogen-bond acceptors (Lipinski definition) is 3. The van der Waals surface area contributed by atoms with Crippen molar-refractivity contribution in [2.45, 2.75) is 19.4 Å². The molecule has 1 unspecified atom stereocenters. The quantitative estimate of drug-likeness (QED) is 0.892. The van der Waals surface area contributed by atoms with Crippen molar-refractivity contribution in [1.82, 2.24) is 5.32 Å². The summed E-state index contributed by atoms with van der Waals surface area (Å²) >= 11 is 1.80. The molecule has 1 aromatic carbocycles. The van der Waals surface area contributed by atoms with Gasteiger partial charge in [-0.1, -0.05) is 17.7 Å². The summed E-state index contributed by atoms with van der Waals surface area (Å²) in [4.78, 5) is 24.5. The summed E-state index contributed by atoms with van der Waals surface area (Å²) in [7, 11) is 0. The van der Waals surface area contributed by atoms with Gasteiger partial charge in [-0.15, -0.1) is 0 Å². The van der Waals surface area contributed by atoms with Crippen LogP contribution in [-0.4, -0.2) is 41.2 Å². The number of anilines is 1. The predicted octanol–water partition coefficient (Wildman–Crippen LogP) is 2.10. The third kappa shape index (κ3) is 3.90. The van der Waals surface area contributed by atoms with Gasteiger partial charge in [0.25, 0.3) is 0 Å². The molecule has 0 spiro atoms. The first-order valence-electron chi connectivity index (χ1n) is 6.50. The lowest BCUT2D eigenvalue weighted by Gasteiger charge is -2.23. The zero-order valence-corrected chi connectivity index (χ0v) is 12.2. The van der Waals surface area contributed by atoms with Crippen molar-refractivity contribution in [3.05, 3.63) is 29.8 Å². The van der Waals surface area contributed by atoms with Crippen LogP contribution in [0.1, 0.15) is 12.0 Å². The van der Waals surface area contributed by atoms with Gasteiger partial charge in [-0.3, -0.25) is 9.69 Å². The van der Waals surface area contributed by atoms with Crippen LogP contribution in [0.4, 0.5) is 10.5 Å². The third-order valence-corrected chi connectivity index (χ3v) is 4.30. The highest BCUT2D eigenvalue weighted by molar-refractivity contribution is 7.99. The van der Waals surface area contributed by atoms with Gasteiger partial charge in [0, 0.05) is 17.5 Å². The van der Waals surface area contributed by atoms with Crippen LogP contribution in [-0.2, 0) is 4.79 Å². The number of carboxylic acids is 1. The number of aryl methyl sites for hydroxylation is 1. The van der Waals surface area contributed by atoms with E-state index in [1.54, 1.807) is 23.9 Å². The Kier molecular flexibility index (Phi) is 4.89. The van der Waals surface area contributed by atoms with Crippen LogP contribution in [0.2, 0.25) is 0 Å². The van der Waals surface area contributed by atoms with E-state index in [9.17, 15) is 9.59 Å². The summed E-state index contributed by atoms with van der Waals surface area (Å²) in [6.07, 6.45) is 0.936. The second-order valence-corrected chi connectivity index (χ2v) is 5.98. The Bertz CT molecular complexity index is 484. The fourth-order valence-electron chi connectivity index (χ4n) is 2.04. The number of amides is 2. The van der Waals surface area contributed by atoms with E-state index in [0.29, 0.717) is 5.69 Å². The first-order valence-corrected chi connectivity index (χ1v) is 7.66. The molecule has 0 aromatic heterocycles. The molecule has 108 valence electrons. The number of benzene rings is 1. The van der Waals surface area contributed by atoms with Gasteiger partial charge in [0.1, 0.15) is 6.54 Å². The summed E-state index contributed by atoms with van der Waals surface area (Å²) in [5.74, 6) is 0.899. The van der Waals surface area contributed by atoms with Crippen molar-refractivity contribution in [3.63, 3.8) is 0 Å². The van der Waals surface area contributed by atoms with Crippen molar-refractivity contribution in [1.29, 1.82) is 0 Å². The zero-order valence-electron chi connectivity index (χ0n) is 11.3. The van der Waals surface area contributed by atoms with E-state index in [0.717, 1.165) is 23.5 Å². The first-order chi connectivity index (χ1) is 9.56.